The Morgan fingerprint density at radius 2 is 2.31 bits per heavy atom. The SMILES string of the molecule is CC(=O)NC1COc2ccc(Br)cc2C1=O. The van der Waals surface area contributed by atoms with Gasteiger partial charge in [-0.2, -0.15) is 0 Å². The molecule has 1 aromatic carbocycles. The van der Waals surface area contributed by atoms with Gasteiger partial charge in [-0.3, -0.25) is 9.59 Å². The fourth-order valence-electron chi connectivity index (χ4n) is 1.61. The summed E-state index contributed by atoms with van der Waals surface area (Å²) in [6.07, 6.45) is 0. The van der Waals surface area contributed by atoms with Gasteiger partial charge in [0.05, 0.1) is 5.56 Å². The first-order valence-electron chi connectivity index (χ1n) is 4.81. The number of hydrogen-bond donors (Lipinski definition) is 1. The van der Waals surface area contributed by atoms with E-state index in [4.69, 9.17) is 4.74 Å². The highest BCUT2D eigenvalue weighted by atomic mass is 79.9. The molecular formula is C11H10BrNO3. The predicted molar refractivity (Wildman–Crippen MR) is 61.6 cm³/mol. The molecule has 1 aromatic rings. The quantitative estimate of drug-likeness (QED) is 0.850. The molecule has 0 fully saturated rings. The lowest BCUT2D eigenvalue weighted by atomic mass is 10.0. The van der Waals surface area contributed by atoms with Gasteiger partial charge in [0, 0.05) is 11.4 Å². The average molecular weight is 284 g/mol. The number of halogens is 1. The summed E-state index contributed by atoms with van der Waals surface area (Å²) in [5.41, 5.74) is 0.499. The van der Waals surface area contributed by atoms with Crippen molar-refractivity contribution in [2.45, 2.75) is 13.0 Å². The van der Waals surface area contributed by atoms with Crippen LogP contribution in [-0.4, -0.2) is 24.3 Å². The molecule has 84 valence electrons. The first-order valence-corrected chi connectivity index (χ1v) is 5.61. The molecule has 1 aliphatic rings. The van der Waals surface area contributed by atoms with Gasteiger partial charge in [-0.15, -0.1) is 0 Å². The second-order valence-corrected chi connectivity index (χ2v) is 4.48. The van der Waals surface area contributed by atoms with E-state index in [1.165, 1.54) is 6.92 Å². The van der Waals surface area contributed by atoms with Crippen LogP contribution in [0.5, 0.6) is 5.75 Å². The van der Waals surface area contributed by atoms with Crippen molar-refractivity contribution in [3.05, 3.63) is 28.2 Å². The summed E-state index contributed by atoms with van der Waals surface area (Å²) in [7, 11) is 0. The van der Waals surface area contributed by atoms with Crippen molar-refractivity contribution in [1.29, 1.82) is 0 Å². The molecule has 0 saturated heterocycles. The first kappa shape index (κ1) is 11.1. The Morgan fingerprint density at radius 3 is 3.00 bits per heavy atom. The maximum absolute atomic E-state index is 12.0. The minimum atomic E-state index is -0.584. The lowest BCUT2D eigenvalue weighted by Crippen LogP contribution is -2.46. The smallest absolute Gasteiger partial charge is 0.217 e. The molecule has 0 spiro atoms. The third-order valence-electron chi connectivity index (χ3n) is 2.31. The zero-order chi connectivity index (χ0) is 11.7. The number of hydrogen-bond acceptors (Lipinski definition) is 3. The van der Waals surface area contributed by atoms with E-state index >= 15 is 0 Å². The van der Waals surface area contributed by atoms with Gasteiger partial charge in [0.25, 0.3) is 0 Å². The molecular weight excluding hydrogens is 274 g/mol. The number of fused-ring (bicyclic) bond motifs is 1. The topological polar surface area (TPSA) is 55.4 Å². The van der Waals surface area contributed by atoms with Crippen LogP contribution >= 0.6 is 15.9 Å². The van der Waals surface area contributed by atoms with Crippen molar-refractivity contribution in [3.8, 4) is 5.75 Å². The summed E-state index contributed by atoms with van der Waals surface area (Å²) in [6, 6.07) is 4.66. The molecule has 2 rings (SSSR count). The summed E-state index contributed by atoms with van der Waals surface area (Å²) < 4.78 is 6.22. The van der Waals surface area contributed by atoms with Crippen molar-refractivity contribution in [1.82, 2.24) is 5.32 Å². The minimum absolute atomic E-state index is 0.113. The summed E-state index contributed by atoms with van der Waals surface area (Å²) in [5, 5.41) is 2.56. The Balaban J connectivity index is 2.30. The van der Waals surface area contributed by atoms with Gasteiger partial charge in [0.2, 0.25) is 5.91 Å². The Hall–Kier alpha value is -1.36. The zero-order valence-electron chi connectivity index (χ0n) is 8.62. The fourth-order valence-corrected chi connectivity index (χ4v) is 1.97. The summed E-state index contributed by atoms with van der Waals surface area (Å²) in [4.78, 5) is 22.9. The molecule has 16 heavy (non-hydrogen) atoms. The molecule has 0 radical (unpaired) electrons. The Kier molecular flexibility index (Phi) is 2.96. The maximum Gasteiger partial charge on any atom is 0.217 e. The normalized spacial score (nSPS) is 18.6. The molecule has 1 aliphatic heterocycles. The van der Waals surface area contributed by atoms with Crippen LogP contribution < -0.4 is 10.1 Å². The van der Waals surface area contributed by atoms with Crippen LogP contribution in [0.2, 0.25) is 0 Å². The molecule has 1 heterocycles. The van der Waals surface area contributed by atoms with Crippen LogP contribution in [0, 0.1) is 0 Å². The van der Waals surface area contributed by atoms with Crippen LogP contribution in [-0.2, 0) is 4.79 Å². The van der Waals surface area contributed by atoms with Crippen molar-refractivity contribution >= 4 is 27.6 Å². The van der Waals surface area contributed by atoms with E-state index in [1.54, 1.807) is 12.1 Å². The summed E-state index contributed by atoms with van der Waals surface area (Å²) in [5.74, 6) is 0.216. The molecule has 5 heteroatoms. The fraction of sp³-hybridized carbons (Fsp3) is 0.273. The van der Waals surface area contributed by atoms with Crippen molar-refractivity contribution in [2.24, 2.45) is 0 Å². The third kappa shape index (κ3) is 2.09. The zero-order valence-corrected chi connectivity index (χ0v) is 10.2. The number of amides is 1. The van der Waals surface area contributed by atoms with E-state index in [2.05, 4.69) is 21.2 Å². The van der Waals surface area contributed by atoms with Crippen LogP contribution in [0.3, 0.4) is 0 Å². The van der Waals surface area contributed by atoms with E-state index in [-0.39, 0.29) is 18.3 Å². The number of Topliss-reactive ketones (excluding diaryl/α,β-unsaturated/α-hetero) is 1. The van der Waals surface area contributed by atoms with Crippen LogP contribution in [0.1, 0.15) is 17.3 Å². The summed E-state index contributed by atoms with van der Waals surface area (Å²) in [6.45, 7) is 1.57. The number of nitrogens with one attached hydrogen (secondary N) is 1. The lowest BCUT2D eigenvalue weighted by molar-refractivity contribution is -0.119. The Labute approximate surface area is 101 Å². The molecule has 4 nitrogen and oxygen atoms in total. The second kappa shape index (κ2) is 4.25. The van der Waals surface area contributed by atoms with Crippen LogP contribution in [0.15, 0.2) is 22.7 Å². The maximum atomic E-state index is 12.0. The average Bonchev–Trinajstić information content (AvgIpc) is 2.22. The number of ketones is 1. The standard InChI is InChI=1S/C11H10BrNO3/c1-6(14)13-9-5-16-10-3-2-7(12)4-8(10)11(9)15/h2-4,9H,5H2,1H3,(H,13,14). The van der Waals surface area contributed by atoms with E-state index in [0.717, 1.165) is 4.47 Å². The van der Waals surface area contributed by atoms with Crippen molar-refractivity contribution in [2.75, 3.05) is 6.61 Å². The molecule has 0 bridgehead atoms. The number of benzene rings is 1. The Bertz CT molecular complexity index is 459. The molecule has 1 N–H and O–H groups in total. The van der Waals surface area contributed by atoms with Crippen molar-refractivity contribution < 1.29 is 14.3 Å². The van der Waals surface area contributed by atoms with Gasteiger partial charge in [0.15, 0.2) is 5.78 Å². The molecule has 1 amide bonds. The van der Waals surface area contributed by atoms with Crippen molar-refractivity contribution in [3.63, 3.8) is 0 Å². The number of rotatable bonds is 1. The van der Waals surface area contributed by atoms with Gasteiger partial charge in [0.1, 0.15) is 18.4 Å². The molecule has 1 unspecified atom stereocenters. The van der Waals surface area contributed by atoms with Gasteiger partial charge >= 0.3 is 0 Å². The summed E-state index contributed by atoms with van der Waals surface area (Å²) >= 11 is 3.29. The van der Waals surface area contributed by atoms with E-state index in [0.29, 0.717) is 11.3 Å². The van der Waals surface area contributed by atoms with E-state index in [1.807, 2.05) is 6.07 Å². The lowest BCUT2D eigenvalue weighted by Gasteiger charge is -2.24. The minimum Gasteiger partial charge on any atom is -0.490 e. The number of ether oxygens (including phenoxy) is 1. The van der Waals surface area contributed by atoms with Gasteiger partial charge in [-0.25, -0.2) is 0 Å². The van der Waals surface area contributed by atoms with E-state index in [9.17, 15) is 9.59 Å². The highest BCUT2D eigenvalue weighted by molar-refractivity contribution is 9.10. The largest absolute Gasteiger partial charge is 0.490 e. The molecule has 0 aliphatic carbocycles. The van der Waals surface area contributed by atoms with Crippen LogP contribution in [0.4, 0.5) is 0 Å². The van der Waals surface area contributed by atoms with Gasteiger partial charge in [-0.1, -0.05) is 15.9 Å². The second-order valence-electron chi connectivity index (χ2n) is 3.57. The van der Waals surface area contributed by atoms with Crippen LogP contribution in [0.25, 0.3) is 0 Å². The monoisotopic (exact) mass is 283 g/mol. The Morgan fingerprint density at radius 1 is 1.56 bits per heavy atom. The van der Waals surface area contributed by atoms with E-state index < -0.39 is 6.04 Å². The highest BCUT2D eigenvalue weighted by Crippen LogP contribution is 2.27. The first-order chi connectivity index (χ1) is 7.58. The number of carbonyl (C=O) groups is 2. The highest BCUT2D eigenvalue weighted by Gasteiger charge is 2.29. The number of carbonyl (C=O) groups excluding carboxylic acids is 2. The third-order valence-corrected chi connectivity index (χ3v) is 2.80. The molecule has 0 aromatic heterocycles. The predicted octanol–water partition coefficient (Wildman–Crippen LogP) is 1.53. The molecule has 0 saturated carbocycles. The molecule has 1 atom stereocenters. The van der Waals surface area contributed by atoms with Gasteiger partial charge in [-0.05, 0) is 18.2 Å². The van der Waals surface area contributed by atoms with Gasteiger partial charge < -0.3 is 10.1 Å².